The van der Waals surface area contributed by atoms with Crippen molar-refractivity contribution in [1.29, 1.82) is 0 Å². The number of benzene rings is 3. The van der Waals surface area contributed by atoms with E-state index in [0.717, 1.165) is 34.5 Å². The zero-order valence-electron chi connectivity index (χ0n) is 17.7. The molecule has 2 N–H and O–H groups in total. The zero-order valence-corrected chi connectivity index (χ0v) is 19.2. The average Bonchev–Trinajstić information content (AvgIpc) is 3.26. The van der Waals surface area contributed by atoms with E-state index in [2.05, 4.69) is 20.2 Å². The average molecular weight is 522 g/mol. The zero-order chi connectivity index (χ0) is 24.8. The number of amides is 2. The van der Waals surface area contributed by atoms with Gasteiger partial charge in [0.15, 0.2) is 11.5 Å². The Bertz CT molecular complexity index is 1320. The molecule has 0 spiro atoms. The molecule has 0 bridgehead atoms. The molecule has 0 fully saturated rings. The van der Waals surface area contributed by atoms with Crippen LogP contribution in [0.1, 0.15) is 11.1 Å². The summed E-state index contributed by atoms with van der Waals surface area (Å²) in [5.41, 5.74) is 6.59. The van der Waals surface area contributed by atoms with Crippen molar-refractivity contribution >= 4 is 46.2 Å². The number of ether oxygens (including phenoxy) is 2. The number of alkyl halides is 4. The van der Waals surface area contributed by atoms with Crippen molar-refractivity contribution < 1.29 is 27.4 Å². The molecule has 1 unspecified atom stereocenters. The van der Waals surface area contributed by atoms with E-state index in [1.165, 1.54) is 11.1 Å². The fourth-order valence-electron chi connectivity index (χ4n) is 3.67. The van der Waals surface area contributed by atoms with Crippen molar-refractivity contribution in [2.75, 3.05) is 11.9 Å². The maximum atomic E-state index is 13.9. The molecule has 0 aromatic heterocycles. The summed E-state index contributed by atoms with van der Waals surface area (Å²) in [5.74, 6) is -0.801. The first-order valence-corrected chi connectivity index (χ1v) is 11.1. The quantitative estimate of drug-likeness (QED) is 0.387. The highest BCUT2D eigenvalue weighted by Gasteiger charge is 2.63. The lowest BCUT2D eigenvalue weighted by Crippen LogP contribution is -2.51. The van der Waals surface area contributed by atoms with Gasteiger partial charge in [-0.2, -0.15) is 13.2 Å². The van der Waals surface area contributed by atoms with Crippen molar-refractivity contribution in [3.8, 4) is 11.5 Å². The molecule has 0 aliphatic carbocycles. The third-order valence-corrected chi connectivity index (χ3v) is 5.92. The number of nitrogens with one attached hydrogen (secondary N) is 2. The van der Waals surface area contributed by atoms with E-state index < -0.39 is 23.2 Å². The first-order valence-electron chi connectivity index (χ1n) is 10.3. The van der Waals surface area contributed by atoms with Crippen LogP contribution in [0.15, 0.2) is 72.8 Å². The van der Waals surface area contributed by atoms with Gasteiger partial charge in [-0.3, -0.25) is 5.43 Å². The number of hydrogen-bond donors (Lipinski definition) is 2. The molecule has 6 nitrogen and oxygen atoms in total. The Labute approximate surface area is 207 Å². The summed E-state index contributed by atoms with van der Waals surface area (Å²) in [6.45, 7) is 0.222. The number of fused-ring (bicyclic) bond motifs is 1. The van der Waals surface area contributed by atoms with Crippen LogP contribution >= 0.6 is 23.2 Å². The number of carbonyl (C=O) groups excluding carboxylic acids is 1. The Balaban J connectivity index is 1.37. The van der Waals surface area contributed by atoms with Crippen molar-refractivity contribution in [2.45, 2.75) is 11.4 Å². The summed E-state index contributed by atoms with van der Waals surface area (Å²) in [7, 11) is 0. The minimum Gasteiger partial charge on any atom is -0.434 e. The Morgan fingerprint density at radius 2 is 1.66 bits per heavy atom. The van der Waals surface area contributed by atoms with Gasteiger partial charge in [0.05, 0.1) is 12.2 Å². The molecule has 0 radical (unpaired) electrons. The van der Waals surface area contributed by atoms with Gasteiger partial charge in [0, 0.05) is 22.3 Å². The van der Waals surface area contributed by atoms with Gasteiger partial charge in [-0.05, 0) is 47.0 Å². The molecule has 2 amide bonds. The largest absolute Gasteiger partial charge is 0.488 e. The fraction of sp³-hybridized carbons (Fsp3) is 0.125. The highest BCUT2D eigenvalue weighted by atomic mass is 35.5. The summed E-state index contributed by atoms with van der Waals surface area (Å²) in [5, 5.41) is 0.659. The minimum absolute atomic E-state index is 0.151. The summed E-state index contributed by atoms with van der Waals surface area (Å²) < 4.78 is 50.0. The van der Waals surface area contributed by atoms with Crippen LogP contribution in [0.25, 0.3) is 11.3 Å². The van der Waals surface area contributed by atoms with E-state index in [1.54, 1.807) is 12.1 Å². The SMILES string of the molecule is O=C(Nc1ccc2c(c1)OC(F)(Cl)C(F)(F)O2)N1CC(c2ccccc2)=C(c2ccc(Cl)cc2)N1. The highest BCUT2D eigenvalue weighted by molar-refractivity contribution is 6.30. The minimum atomic E-state index is -4.39. The molecular weight excluding hydrogens is 506 g/mol. The molecule has 5 rings (SSSR count). The van der Waals surface area contributed by atoms with Crippen LogP contribution in [0, 0.1) is 0 Å². The van der Waals surface area contributed by atoms with E-state index in [4.69, 9.17) is 23.2 Å². The molecule has 2 aliphatic heterocycles. The lowest BCUT2D eigenvalue weighted by atomic mass is 10.0. The van der Waals surface area contributed by atoms with Crippen molar-refractivity contribution in [1.82, 2.24) is 10.4 Å². The Hall–Kier alpha value is -3.56. The number of hydrazine groups is 1. The summed E-state index contributed by atoms with van der Waals surface area (Å²) >= 11 is 11.1. The predicted molar refractivity (Wildman–Crippen MR) is 126 cm³/mol. The molecule has 180 valence electrons. The van der Waals surface area contributed by atoms with Gasteiger partial charge in [0.1, 0.15) is 0 Å². The number of hydrogen-bond acceptors (Lipinski definition) is 4. The predicted octanol–water partition coefficient (Wildman–Crippen LogP) is 6.49. The number of urea groups is 1. The number of anilines is 1. The van der Waals surface area contributed by atoms with Gasteiger partial charge in [-0.1, -0.05) is 54.1 Å². The highest BCUT2D eigenvalue weighted by Crippen LogP contribution is 2.48. The van der Waals surface area contributed by atoms with Crippen LogP contribution in [0.5, 0.6) is 11.5 Å². The summed E-state index contributed by atoms with van der Waals surface area (Å²) in [4.78, 5) is 13.0. The molecule has 0 saturated carbocycles. The third-order valence-electron chi connectivity index (χ3n) is 5.38. The normalized spacial score (nSPS) is 20.4. The molecule has 3 aromatic carbocycles. The van der Waals surface area contributed by atoms with Crippen LogP contribution in [0.2, 0.25) is 5.02 Å². The molecule has 1 atom stereocenters. The van der Waals surface area contributed by atoms with Gasteiger partial charge < -0.3 is 14.8 Å². The van der Waals surface area contributed by atoms with Crippen molar-refractivity contribution in [3.63, 3.8) is 0 Å². The summed E-state index contributed by atoms with van der Waals surface area (Å²) in [6, 6.07) is 19.7. The number of halogens is 5. The van der Waals surface area contributed by atoms with Crippen molar-refractivity contribution in [2.24, 2.45) is 0 Å². The first kappa shape index (κ1) is 23.2. The molecule has 2 aliphatic rings. The smallest absolute Gasteiger partial charge is 0.434 e. The Morgan fingerprint density at radius 3 is 2.37 bits per heavy atom. The maximum Gasteiger partial charge on any atom is 0.488 e. The van der Waals surface area contributed by atoms with E-state index in [-0.39, 0.29) is 18.0 Å². The fourth-order valence-corrected chi connectivity index (χ4v) is 3.92. The molecule has 0 saturated heterocycles. The van der Waals surface area contributed by atoms with Crippen LogP contribution in [-0.4, -0.2) is 29.0 Å². The van der Waals surface area contributed by atoms with E-state index in [1.807, 2.05) is 42.5 Å². The lowest BCUT2D eigenvalue weighted by molar-refractivity contribution is -0.303. The number of nitrogens with zero attached hydrogens (tertiary/aromatic N) is 1. The van der Waals surface area contributed by atoms with Gasteiger partial charge in [0.25, 0.3) is 0 Å². The van der Waals surface area contributed by atoms with Crippen molar-refractivity contribution in [3.05, 3.63) is 88.9 Å². The first-order chi connectivity index (χ1) is 16.6. The topological polar surface area (TPSA) is 62.8 Å². The standard InChI is InChI=1S/C24H16Cl2F3N3O3/c25-16-8-6-15(7-9-16)21-18(14-4-2-1-3-5-14)13-32(31-21)22(33)30-17-10-11-19-20(12-17)34-23(26,27)24(28,29)35-19/h1-12,31H,13H2,(H,30,33). The van der Waals surface area contributed by atoms with Gasteiger partial charge in [0.2, 0.25) is 0 Å². The molecule has 11 heteroatoms. The third kappa shape index (κ3) is 4.44. The second kappa shape index (κ2) is 8.58. The Kier molecular flexibility index (Phi) is 5.69. The lowest BCUT2D eigenvalue weighted by Gasteiger charge is -2.33. The molecular formula is C24H16Cl2F3N3O3. The van der Waals surface area contributed by atoms with E-state index >= 15 is 0 Å². The monoisotopic (exact) mass is 521 g/mol. The second-order valence-corrected chi connectivity index (χ2v) is 8.68. The number of rotatable bonds is 3. The summed E-state index contributed by atoms with van der Waals surface area (Å²) in [6.07, 6.45) is -4.39. The maximum absolute atomic E-state index is 13.9. The van der Waals surface area contributed by atoms with Gasteiger partial charge >= 0.3 is 17.5 Å². The van der Waals surface area contributed by atoms with E-state index in [9.17, 15) is 18.0 Å². The van der Waals surface area contributed by atoms with Gasteiger partial charge in [-0.25, -0.2) is 9.80 Å². The molecule has 3 aromatic rings. The Morgan fingerprint density at radius 1 is 0.943 bits per heavy atom. The number of carbonyl (C=O) groups is 1. The van der Waals surface area contributed by atoms with Gasteiger partial charge in [-0.15, -0.1) is 0 Å². The van der Waals surface area contributed by atoms with Crippen LogP contribution in [-0.2, 0) is 0 Å². The van der Waals surface area contributed by atoms with Crippen LogP contribution in [0.4, 0.5) is 23.7 Å². The molecule has 2 heterocycles. The molecule has 35 heavy (non-hydrogen) atoms. The second-order valence-electron chi connectivity index (χ2n) is 7.75. The van der Waals surface area contributed by atoms with Crippen LogP contribution < -0.4 is 20.2 Å². The van der Waals surface area contributed by atoms with Crippen LogP contribution in [0.3, 0.4) is 0 Å². The van der Waals surface area contributed by atoms with E-state index in [0.29, 0.717) is 5.02 Å².